The van der Waals surface area contributed by atoms with Crippen LogP contribution in [-0.4, -0.2) is 18.0 Å². The molecule has 0 aliphatic heterocycles. The standard InChI is InChI=1S/C22H18FN3O2/c1-28-21(22(27)26-13-16-6-4-15(12-24)5-7-16)19-9-8-17(11-20(19)23)18-3-2-10-25-14-18/h2-11,14,21H,13H2,1H3,(H,26,27). The van der Waals surface area contributed by atoms with Gasteiger partial charge in [0.2, 0.25) is 0 Å². The molecule has 1 amide bonds. The van der Waals surface area contributed by atoms with Crippen molar-refractivity contribution in [3.8, 4) is 17.2 Å². The fourth-order valence-corrected chi connectivity index (χ4v) is 2.81. The van der Waals surface area contributed by atoms with Crippen molar-refractivity contribution in [1.82, 2.24) is 10.3 Å². The van der Waals surface area contributed by atoms with Crippen molar-refractivity contribution in [3.05, 3.63) is 89.5 Å². The lowest BCUT2D eigenvalue weighted by atomic mass is 10.0. The topological polar surface area (TPSA) is 75.0 Å². The second kappa shape index (κ2) is 8.89. The van der Waals surface area contributed by atoms with Crippen LogP contribution in [-0.2, 0) is 16.1 Å². The van der Waals surface area contributed by atoms with Gasteiger partial charge < -0.3 is 10.1 Å². The minimum absolute atomic E-state index is 0.160. The molecular weight excluding hydrogens is 357 g/mol. The predicted octanol–water partition coefficient (Wildman–Crippen LogP) is 3.76. The Labute approximate surface area is 162 Å². The Hall–Kier alpha value is -3.56. The summed E-state index contributed by atoms with van der Waals surface area (Å²) in [4.78, 5) is 16.5. The van der Waals surface area contributed by atoms with Crippen molar-refractivity contribution in [1.29, 1.82) is 5.26 Å². The third-order valence-corrected chi connectivity index (χ3v) is 4.30. The largest absolute Gasteiger partial charge is 0.367 e. The van der Waals surface area contributed by atoms with Gasteiger partial charge in [-0.2, -0.15) is 5.26 Å². The number of nitriles is 1. The highest BCUT2D eigenvalue weighted by Crippen LogP contribution is 2.26. The van der Waals surface area contributed by atoms with E-state index >= 15 is 0 Å². The lowest BCUT2D eigenvalue weighted by molar-refractivity contribution is -0.131. The Morgan fingerprint density at radius 1 is 1.21 bits per heavy atom. The van der Waals surface area contributed by atoms with E-state index in [9.17, 15) is 9.18 Å². The number of nitrogens with one attached hydrogen (secondary N) is 1. The number of pyridine rings is 1. The van der Waals surface area contributed by atoms with Crippen molar-refractivity contribution in [2.75, 3.05) is 7.11 Å². The Morgan fingerprint density at radius 2 is 2.00 bits per heavy atom. The number of carbonyl (C=O) groups is 1. The van der Waals surface area contributed by atoms with Crippen LogP contribution in [0.5, 0.6) is 0 Å². The van der Waals surface area contributed by atoms with Gasteiger partial charge in [-0.25, -0.2) is 4.39 Å². The first-order chi connectivity index (χ1) is 13.6. The molecule has 1 atom stereocenters. The monoisotopic (exact) mass is 375 g/mol. The van der Waals surface area contributed by atoms with Crippen molar-refractivity contribution in [2.24, 2.45) is 0 Å². The van der Waals surface area contributed by atoms with E-state index in [2.05, 4.69) is 10.3 Å². The quantitative estimate of drug-likeness (QED) is 0.712. The minimum Gasteiger partial charge on any atom is -0.367 e. The van der Waals surface area contributed by atoms with Gasteiger partial charge in [0.15, 0.2) is 6.10 Å². The average molecular weight is 375 g/mol. The van der Waals surface area contributed by atoms with E-state index in [0.717, 1.165) is 11.1 Å². The highest BCUT2D eigenvalue weighted by molar-refractivity contribution is 5.82. The molecule has 0 saturated carbocycles. The van der Waals surface area contributed by atoms with Crippen LogP contribution < -0.4 is 5.32 Å². The molecule has 0 spiro atoms. The van der Waals surface area contributed by atoms with Gasteiger partial charge in [-0.05, 0) is 35.4 Å². The maximum atomic E-state index is 14.7. The van der Waals surface area contributed by atoms with Gasteiger partial charge in [-0.3, -0.25) is 9.78 Å². The molecule has 0 fully saturated rings. The maximum Gasteiger partial charge on any atom is 0.254 e. The summed E-state index contributed by atoms with van der Waals surface area (Å²) in [5, 5.41) is 11.6. The first-order valence-corrected chi connectivity index (χ1v) is 8.61. The molecule has 1 aromatic heterocycles. The molecule has 0 saturated heterocycles. The summed E-state index contributed by atoms with van der Waals surface area (Å²) in [5.41, 5.74) is 2.98. The third kappa shape index (κ3) is 4.40. The van der Waals surface area contributed by atoms with Crippen LogP contribution in [0.15, 0.2) is 67.0 Å². The van der Waals surface area contributed by atoms with E-state index in [-0.39, 0.29) is 12.1 Å². The van der Waals surface area contributed by atoms with Gasteiger partial charge in [0, 0.05) is 37.2 Å². The summed E-state index contributed by atoms with van der Waals surface area (Å²) in [6, 6.07) is 17.1. The second-order valence-corrected chi connectivity index (χ2v) is 6.12. The molecular formula is C22H18FN3O2. The second-order valence-electron chi connectivity index (χ2n) is 6.12. The molecule has 2 aromatic carbocycles. The highest BCUT2D eigenvalue weighted by Gasteiger charge is 2.23. The van der Waals surface area contributed by atoms with Gasteiger partial charge >= 0.3 is 0 Å². The first kappa shape index (κ1) is 19.2. The molecule has 5 nitrogen and oxygen atoms in total. The Morgan fingerprint density at radius 3 is 2.61 bits per heavy atom. The number of hydrogen-bond acceptors (Lipinski definition) is 4. The van der Waals surface area contributed by atoms with Gasteiger partial charge in [-0.15, -0.1) is 0 Å². The number of aromatic nitrogens is 1. The molecule has 1 unspecified atom stereocenters. The number of carbonyl (C=O) groups excluding carboxylic acids is 1. The van der Waals surface area contributed by atoms with Crippen molar-refractivity contribution < 1.29 is 13.9 Å². The summed E-state index contributed by atoms with van der Waals surface area (Å²) in [6.45, 7) is 0.250. The van der Waals surface area contributed by atoms with Crippen LogP contribution in [0.3, 0.4) is 0 Å². The van der Waals surface area contributed by atoms with Crippen LogP contribution >= 0.6 is 0 Å². The van der Waals surface area contributed by atoms with E-state index in [4.69, 9.17) is 10.00 Å². The number of hydrogen-bond donors (Lipinski definition) is 1. The van der Waals surface area contributed by atoms with E-state index in [1.807, 2.05) is 12.1 Å². The SMILES string of the molecule is COC(C(=O)NCc1ccc(C#N)cc1)c1ccc(-c2cccnc2)cc1F. The molecule has 1 N–H and O–H groups in total. The number of benzene rings is 2. The zero-order valence-electron chi connectivity index (χ0n) is 15.2. The number of nitrogens with zero attached hydrogens (tertiary/aromatic N) is 2. The van der Waals surface area contributed by atoms with Gasteiger partial charge in [0.25, 0.3) is 5.91 Å². The number of halogens is 1. The fraction of sp³-hybridized carbons (Fsp3) is 0.136. The molecule has 6 heteroatoms. The Balaban J connectivity index is 1.73. The number of methoxy groups -OCH3 is 1. The molecule has 1 heterocycles. The zero-order chi connectivity index (χ0) is 19.9. The van der Waals surface area contributed by atoms with Crippen LogP contribution in [0.2, 0.25) is 0 Å². The summed E-state index contributed by atoms with van der Waals surface area (Å²) < 4.78 is 19.9. The minimum atomic E-state index is -1.07. The van der Waals surface area contributed by atoms with E-state index in [1.165, 1.54) is 13.2 Å². The fourth-order valence-electron chi connectivity index (χ4n) is 2.81. The molecule has 0 bridgehead atoms. The Bertz CT molecular complexity index is 999. The molecule has 3 aromatic rings. The summed E-state index contributed by atoms with van der Waals surface area (Å²) >= 11 is 0. The van der Waals surface area contributed by atoms with Crippen molar-refractivity contribution >= 4 is 5.91 Å². The lowest BCUT2D eigenvalue weighted by Gasteiger charge is -2.17. The molecule has 0 radical (unpaired) electrons. The van der Waals surface area contributed by atoms with E-state index in [1.54, 1.807) is 54.9 Å². The summed E-state index contributed by atoms with van der Waals surface area (Å²) in [7, 11) is 1.36. The maximum absolute atomic E-state index is 14.7. The van der Waals surface area contributed by atoms with Gasteiger partial charge in [0.1, 0.15) is 5.82 Å². The lowest BCUT2D eigenvalue weighted by Crippen LogP contribution is -2.30. The smallest absolute Gasteiger partial charge is 0.254 e. The van der Waals surface area contributed by atoms with Gasteiger partial charge in [-0.1, -0.05) is 30.3 Å². The first-order valence-electron chi connectivity index (χ1n) is 8.61. The molecule has 28 heavy (non-hydrogen) atoms. The highest BCUT2D eigenvalue weighted by atomic mass is 19.1. The molecule has 3 rings (SSSR count). The number of ether oxygens (including phenoxy) is 1. The average Bonchev–Trinajstić information content (AvgIpc) is 2.74. The van der Waals surface area contributed by atoms with Crippen LogP contribution in [0, 0.1) is 17.1 Å². The predicted molar refractivity (Wildman–Crippen MR) is 102 cm³/mol. The van der Waals surface area contributed by atoms with Gasteiger partial charge in [0.05, 0.1) is 11.6 Å². The molecule has 0 aliphatic rings. The third-order valence-electron chi connectivity index (χ3n) is 4.30. The van der Waals surface area contributed by atoms with Crippen LogP contribution in [0.25, 0.3) is 11.1 Å². The van der Waals surface area contributed by atoms with Crippen molar-refractivity contribution in [3.63, 3.8) is 0 Å². The summed E-state index contributed by atoms with van der Waals surface area (Å²) in [5.74, 6) is -0.971. The van der Waals surface area contributed by atoms with Crippen LogP contribution in [0.1, 0.15) is 22.8 Å². The molecule has 0 aliphatic carbocycles. The zero-order valence-corrected chi connectivity index (χ0v) is 15.2. The van der Waals surface area contributed by atoms with E-state index in [0.29, 0.717) is 11.1 Å². The summed E-state index contributed by atoms with van der Waals surface area (Å²) in [6.07, 6.45) is 2.22. The molecule has 140 valence electrons. The number of rotatable bonds is 6. The normalized spacial score (nSPS) is 11.5. The number of amides is 1. The van der Waals surface area contributed by atoms with Crippen molar-refractivity contribution in [2.45, 2.75) is 12.6 Å². The van der Waals surface area contributed by atoms with Crippen LogP contribution in [0.4, 0.5) is 4.39 Å². The Kier molecular flexibility index (Phi) is 6.10. The van der Waals surface area contributed by atoms with E-state index < -0.39 is 17.8 Å².